The van der Waals surface area contributed by atoms with Gasteiger partial charge >= 0.3 is 0 Å². The molecule has 0 spiro atoms. The van der Waals surface area contributed by atoms with Crippen molar-refractivity contribution >= 4 is 11.6 Å². The van der Waals surface area contributed by atoms with E-state index in [9.17, 15) is 0 Å². The summed E-state index contributed by atoms with van der Waals surface area (Å²) >= 11 is 0. The van der Waals surface area contributed by atoms with Crippen LogP contribution in [-0.2, 0) is 0 Å². The monoisotopic (exact) mass is 238 g/mol. The van der Waals surface area contributed by atoms with E-state index in [0.717, 1.165) is 30.2 Å². The number of nitrogens with zero attached hydrogens (tertiary/aromatic N) is 2. The number of aliphatic hydroxyl groups is 1. The summed E-state index contributed by atoms with van der Waals surface area (Å²) in [6.45, 7) is 7.22. The van der Waals surface area contributed by atoms with Crippen molar-refractivity contribution in [1.82, 2.24) is 9.97 Å². The Balaban J connectivity index is 2.72. The zero-order chi connectivity index (χ0) is 12.7. The van der Waals surface area contributed by atoms with Crippen molar-refractivity contribution in [3.63, 3.8) is 0 Å². The summed E-state index contributed by atoms with van der Waals surface area (Å²) in [4.78, 5) is 8.44. The summed E-state index contributed by atoms with van der Waals surface area (Å²) in [7, 11) is 0. The third kappa shape index (κ3) is 4.19. The molecule has 1 aromatic rings. The van der Waals surface area contributed by atoms with Crippen LogP contribution < -0.4 is 10.6 Å². The van der Waals surface area contributed by atoms with Crippen LogP contribution in [0.15, 0.2) is 6.33 Å². The molecule has 0 aliphatic carbocycles. The van der Waals surface area contributed by atoms with Gasteiger partial charge in [-0.15, -0.1) is 0 Å². The van der Waals surface area contributed by atoms with Gasteiger partial charge in [0.2, 0.25) is 0 Å². The Morgan fingerprint density at radius 1 is 1.35 bits per heavy atom. The van der Waals surface area contributed by atoms with E-state index in [1.807, 2.05) is 13.8 Å². The lowest BCUT2D eigenvalue weighted by atomic mass is 10.2. The van der Waals surface area contributed by atoms with Gasteiger partial charge in [0, 0.05) is 24.8 Å². The highest BCUT2D eigenvalue weighted by Crippen LogP contribution is 2.19. The minimum absolute atomic E-state index is 0.180. The molecule has 0 amide bonds. The number of nitrogens with one attached hydrogen (secondary N) is 2. The van der Waals surface area contributed by atoms with Gasteiger partial charge in [0.25, 0.3) is 0 Å². The molecule has 17 heavy (non-hydrogen) atoms. The Morgan fingerprint density at radius 3 is 2.71 bits per heavy atom. The first-order valence-corrected chi connectivity index (χ1v) is 6.11. The van der Waals surface area contributed by atoms with E-state index in [-0.39, 0.29) is 12.6 Å². The van der Waals surface area contributed by atoms with Gasteiger partial charge in [-0.05, 0) is 26.7 Å². The number of rotatable bonds is 7. The van der Waals surface area contributed by atoms with E-state index in [2.05, 4.69) is 27.5 Å². The van der Waals surface area contributed by atoms with Crippen LogP contribution in [0.4, 0.5) is 11.6 Å². The van der Waals surface area contributed by atoms with E-state index in [4.69, 9.17) is 5.11 Å². The van der Waals surface area contributed by atoms with Crippen molar-refractivity contribution < 1.29 is 5.11 Å². The first-order valence-electron chi connectivity index (χ1n) is 6.11. The van der Waals surface area contributed by atoms with Crippen LogP contribution in [0.2, 0.25) is 0 Å². The van der Waals surface area contributed by atoms with Gasteiger partial charge in [0.15, 0.2) is 0 Å². The maximum Gasteiger partial charge on any atom is 0.134 e. The summed E-state index contributed by atoms with van der Waals surface area (Å²) in [6, 6.07) is 0.202. The van der Waals surface area contributed by atoms with Gasteiger partial charge in [-0.2, -0.15) is 0 Å². The van der Waals surface area contributed by atoms with Crippen molar-refractivity contribution in [2.75, 3.05) is 23.8 Å². The zero-order valence-electron chi connectivity index (χ0n) is 10.8. The molecular weight excluding hydrogens is 216 g/mol. The normalized spacial score (nSPS) is 12.2. The van der Waals surface area contributed by atoms with E-state index in [1.54, 1.807) is 6.33 Å². The lowest BCUT2D eigenvalue weighted by molar-refractivity contribution is 0.282. The molecule has 1 atom stereocenters. The molecule has 0 bridgehead atoms. The first-order chi connectivity index (χ1) is 8.19. The van der Waals surface area contributed by atoms with Crippen molar-refractivity contribution in [3.05, 3.63) is 11.9 Å². The Labute approximate surface area is 103 Å². The number of anilines is 2. The highest BCUT2D eigenvalue weighted by molar-refractivity contribution is 5.56. The van der Waals surface area contributed by atoms with Crippen LogP contribution in [0, 0.1) is 6.92 Å². The standard InChI is InChI=1S/C12H22N4O/c1-4-6-13-11-10(3)12(15-8-14-11)16-9(2)5-7-17/h8-9,17H,4-7H2,1-3H3,(H2,13,14,15,16). The van der Waals surface area contributed by atoms with Crippen molar-refractivity contribution in [2.45, 2.75) is 39.7 Å². The Hall–Kier alpha value is -1.36. The molecule has 3 N–H and O–H groups in total. The summed E-state index contributed by atoms with van der Waals surface area (Å²) in [5.41, 5.74) is 1.02. The topological polar surface area (TPSA) is 70.1 Å². The van der Waals surface area contributed by atoms with E-state index in [1.165, 1.54) is 0 Å². The van der Waals surface area contributed by atoms with Gasteiger partial charge < -0.3 is 15.7 Å². The summed E-state index contributed by atoms with van der Waals surface area (Å²) in [6.07, 6.45) is 3.33. The highest BCUT2D eigenvalue weighted by atomic mass is 16.3. The van der Waals surface area contributed by atoms with Gasteiger partial charge in [0.05, 0.1) is 0 Å². The molecule has 5 nitrogen and oxygen atoms in total. The molecule has 1 aromatic heterocycles. The predicted molar refractivity (Wildman–Crippen MR) is 70.3 cm³/mol. The van der Waals surface area contributed by atoms with Crippen LogP contribution in [0.5, 0.6) is 0 Å². The number of hydrogen-bond acceptors (Lipinski definition) is 5. The van der Waals surface area contributed by atoms with Crippen LogP contribution in [0.1, 0.15) is 32.3 Å². The van der Waals surface area contributed by atoms with Crippen molar-refractivity contribution in [3.8, 4) is 0 Å². The van der Waals surface area contributed by atoms with E-state index >= 15 is 0 Å². The zero-order valence-corrected chi connectivity index (χ0v) is 10.8. The molecule has 0 saturated carbocycles. The van der Waals surface area contributed by atoms with Gasteiger partial charge in [-0.1, -0.05) is 6.92 Å². The molecule has 5 heteroatoms. The predicted octanol–water partition coefficient (Wildman–Crippen LogP) is 1.79. The average molecular weight is 238 g/mol. The van der Waals surface area contributed by atoms with Crippen LogP contribution >= 0.6 is 0 Å². The van der Waals surface area contributed by atoms with E-state index < -0.39 is 0 Å². The fourth-order valence-electron chi connectivity index (χ4n) is 1.52. The largest absolute Gasteiger partial charge is 0.396 e. The molecule has 0 saturated heterocycles. The summed E-state index contributed by atoms with van der Waals surface area (Å²) in [5, 5.41) is 15.4. The highest BCUT2D eigenvalue weighted by Gasteiger charge is 2.08. The van der Waals surface area contributed by atoms with E-state index in [0.29, 0.717) is 6.42 Å². The average Bonchev–Trinajstić information content (AvgIpc) is 2.30. The molecule has 0 aliphatic heterocycles. The second kappa shape index (κ2) is 7.06. The lowest BCUT2D eigenvalue weighted by Gasteiger charge is -2.16. The summed E-state index contributed by atoms with van der Waals surface area (Å²) < 4.78 is 0. The Kier molecular flexibility index (Phi) is 5.69. The quantitative estimate of drug-likeness (QED) is 0.675. The van der Waals surface area contributed by atoms with Gasteiger partial charge in [-0.25, -0.2) is 9.97 Å². The Morgan fingerprint density at radius 2 is 2.06 bits per heavy atom. The smallest absolute Gasteiger partial charge is 0.134 e. The molecule has 1 rings (SSSR count). The minimum Gasteiger partial charge on any atom is -0.396 e. The molecule has 1 unspecified atom stereocenters. The van der Waals surface area contributed by atoms with Crippen LogP contribution in [-0.4, -0.2) is 34.3 Å². The van der Waals surface area contributed by atoms with Gasteiger partial charge in [-0.3, -0.25) is 0 Å². The fourth-order valence-corrected chi connectivity index (χ4v) is 1.52. The Bertz CT molecular complexity index is 343. The lowest BCUT2D eigenvalue weighted by Crippen LogP contribution is -2.19. The first kappa shape index (κ1) is 13.7. The number of aromatic nitrogens is 2. The molecule has 0 fully saturated rings. The van der Waals surface area contributed by atoms with Crippen molar-refractivity contribution in [2.24, 2.45) is 0 Å². The van der Waals surface area contributed by atoms with Gasteiger partial charge in [0.1, 0.15) is 18.0 Å². The SMILES string of the molecule is CCCNc1ncnc(NC(C)CCO)c1C. The maximum atomic E-state index is 8.87. The summed E-state index contributed by atoms with van der Waals surface area (Å²) in [5.74, 6) is 1.71. The number of hydrogen-bond donors (Lipinski definition) is 3. The second-order valence-electron chi connectivity index (χ2n) is 4.18. The molecule has 0 aromatic carbocycles. The molecule has 0 radical (unpaired) electrons. The second-order valence-corrected chi connectivity index (χ2v) is 4.18. The third-order valence-corrected chi connectivity index (χ3v) is 2.57. The van der Waals surface area contributed by atoms with Crippen molar-refractivity contribution in [1.29, 1.82) is 0 Å². The third-order valence-electron chi connectivity index (χ3n) is 2.57. The molecule has 1 heterocycles. The minimum atomic E-state index is 0.180. The fraction of sp³-hybridized carbons (Fsp3) is 0.667. The molecule has 96 valence electrons. The molecule has 0 aliphatic rings. The van der Waals surface area contributed by atoms with Crippen LogP contribution in [0.25, 0.3) is 0 Å². The molecular formula is C12H22N4O. The maximum absolute atomic E-state index is 8.87. The number of aliphatic hydroxyl groups excluding tert-OH is 1. The van der Waals surface area contributed by atoms with Crippen LogP contribution in [0.3, 0.4) is 0 Å².